The minimum atomic E-state index is -5.05. The van der Waals surface area contributed by atoms with Gasteiger partial charge in [-0.1, -0.05) is 60.7 Å². The normalized spacial score (nSPS) is 12.4. The summed E-state index contributed by atoms with van der Waals surface area (Å²) in [5.74, 6) is -0.508. The van der Waals surface area contributed by atoms with Crippen LogP contribution in [-0.2, 0) is 20.8 Å². The van der Waals surface area contributed by atoms with Crippen LogP contribution < -0.4 is 8.37 Å². The van der Waals surface area contributed by atoms with Crippen LogP contribution >= 0.6 is 22.7 Å². The summed E-state index contributed by atoms with van der Waals surface area (Å²) in [6, 6.07) is 24.8. The number of hydrogen-bond acceptors (Lipinski definition) is 10. The van der Waals surface area contributed by atoms with Crippen molar-refractivity contribution in [3.05, 3.63) is 84.9 Å². The molecule has 0 saturated heterocycles. The molecule has 0 fully saturated rings. The maximum atomic E-state index is 12.2. The van der Waals surface area contributed by atoms with Crippen LogP contribution in [0.5, 0.6) is 11.5 Å². The molecule has 7 rings (SSSR count). The van der Waals surface area contributed by atoms with Gasteiger partial charge in [-0.25, -0.2) is 9.97 Å². The van der Waals surface area contributed by atoms with Crippen molar-refractivity contribution in [2.75, 3.05) is 0 Å². The van der Waals surface area contributed by atoms with Crippen molar-refractivity contribution in [1.82, 2.24) is 9.97 Å². The van der Waals surface area contributed by atoms with E-state index in [9.17, 15) is 25.9 Å². The van der Waals surface area contributed by atoms with E-state index in [1.54, 1.807) is 12.1 Å². The summed E-state index contributed by atoms with van der Waals surface area (Å²) < 4.78 is 79.6. The Bertz CT molecular complexity index is 2230. The zero-order valence-electron chi connectivity index (χ0n) is 21.0. The first-order valence-corrected chi connectivity index (χ1v) is 16.5. The van der Waals surface area contributed by atoms with Gasteiger partial charge in [-0.05, 0) is 24.3 Å². The first-order chi connectivity index (χ1) is 20.1. The molecule has 0 aliphatic heterocycles. The molecule has 0 atom stereocenters. The predicted octanol–water partition coefficient (Wildman–Crippen LogP) is 6.91. The lowest BCUT2D eigenvalue weighted by Crippen LogP contribution is -2.10. The molecule has 210 valence electrons. The summed E-state index contributed by atoms with van der Waals surface area (Å²) in [5.41, 5.74) is 2.54. The number of hydrogen-bond donors (Lipinski definition) is 2. The Morgan fingerprint density at radius 3 is 1.29 bits per heavy atom. The lowest BCUT2D eigenvalue weighted by atomic mass is 10.00. The number of fused-ring (bicyclic) bond motifs is 6. The second kappa shape index (κ2) is 9.69. The average Bonchev–Trinajstić information content (AvgIpc) is 3.59. The smallest absolute Gasteiger partial charge is 0.360 e. The number of thiazole rings is 2. The second-order valence-electron chi connectivity index (χ2n) is 9.12. The van der Waals surface area contributed by atoms with Gasteiger partial charge in [-0.3, -0.25) is 9.11 Å². The zero-order valence-corrected chi connectivity index (χ0v) is 24.2. The molecule has 0 spiro atoms. The minimum Gasteiger partial charge on any atom is -0.360 e. The third kappa shape index (κ3) is 4.73. The van der Waals surface area contributed by atoms with Crippen LogP contribution in [-0.4, -0.2) is 35.9 Å². The van der Waals surface area contributed by atoms with Crippen molar-refractivity contribution in [2.45, 2.75) is 0 Å². The highest BCUT2D eigenvalue weighted by atomic mass is 32.3. The standard InChI is InChI=1S/C28H16N2O8S4/c31-41(32,33)37-23-18-12-14-20-26(40-28(30-20)16-9-5-2-6-10-16)22(18)24(38-42(34,35)36)17-11-13-19-25(21(17)23)39-27(29-19)15-7-3-1-4-8-15/h1-14H,(H,31,32,33)(H,34,35,36). The Kier molecular flexibility index (Phi) is 6.16. The van der Waals surface area contributed by atoms with E-state index in [0.29, 0.717) is 30.4 Å². The van der Waals surface area contributed by atoms with Crippen molar-refractivity contribution < 1.29 is 34.3 Å². The molecular formula is C28H16N2O8S4. The van der Waals surface area contributed by atoms with Gasteiger partial charge in [0.15, 0.2) is 11.5 Å². The lowest BCUT2D eigenvalue weighted by molar-refractivity contribution is 0.385. The zero-order chi connectivity index (χ0) is 29.2. The molecule has 0 aliphatic carbocycles. The van der Waals surface area contributed by atoms with E-state index in [0.717, 1.165) is 11.1 Å². The van der Waals surface area contributed by atoms with E-state index < -0.39 is 20.8 Å². The van der Waals surface area contributed by atoms with Gasteiger partial charge < -0.3 is 8.37 Å². The van der Waals surface area contributed by atoms with Crippen LogP contribution in [0.15, 0.2) is 84.9 Å². The fraction of sp³-hybridized carbons (Fsp3) is 0. The molecule has 0 bridgehead atoms. The van der Waals surface area contributed by atoms with Gasteiger partial charge in [0.05, 0.1) is 20.4 Å². The SMILES string of the molecule is O=S(=O)(O)Oc1c2ccc3nc(-c4ccccc4)sc3c2c(OS(=O)(=O)O)c2ccc3nc(-c4ccccc4)sc3c12. The van der Waals surface area contributed by atoms with Crippen molar-refractivity contribution in [3.63, 3.8) is 0 Å². The Labute approximate surface area is 246 Å². The minimum absolute atomic E-state index is 0.108. The predicted molar refractivity (Wildman–Crippen MR) is 163 cm³/mol. The molecule has 10 nitrogen and oxygen atoms in total. The number of nitrogens with zero attached hydrogens (tertiary/aromatic N) is 2. The van der Waals surface area contributed by atoms with E-state index >= 15 is 0 Å². The van der Waals surface area contributed by atoms with E-state index in [1.807, 2.05) is 60.7 Å². The number of rotatable bonds is 6. The van der Waals surface area contributed by atoms with Gasteiger partial charge in [-0.2, -0.15) is 16.8 Å². The molecule has 2 aromatic heterocycles. The molecule has 2 heterocycles. The maximum absolute atomic E-state index is 12.2. The van der Waals surface area contributed by atoms with Crippen molar-refractivity contribution in [1.29, 1.82) is 0 Å². The monoisotopic (exact) mass is 636 g/mol. The number of aromatic nitrogens is 2. The van der Waals surface area contributed by atoms with E-state index in [1.165, 1.54) is 34.8 Å². The molecule has 14 heteroatoms. The summed E-state index contributed by atoms with van der Waals surface area (Å²) in [6.45, 7) is 0. The van der Waals surface area contributed by atoms with Crippen LogP contribution in [0, 0.1) is 0 Å². The third-order valence-electron chi connectivity index (χ3n) is 6.48. The van der Waals surface area contributed by atoms with Crippen LogP contribution in [0.3, 0.4) is 0 Å². The molecule has 5 aromatic carbocycles. The quantitative estimate of drug-likeness (QED) is 0.145. The summed E-state index contributed by atoms with van der Waals surface area (Å²) in [5, 5.41) is 1.69. The summed E-state index contributed by atoms with van der Waals surface area (Å²) >= 11 is 2.43. The Morgan fingerprint density at radius 2 is 0.929 bits per heavy atom. The van der Waals surface area contributed by atoms with Crippen LogP contribution in [0.2, 0.25) is 0 Å². The largest absolute Gasteiger partial charge is 0.446 e. The van der Waals surface area contributed by atoms with E-state index in [-0.39, 0.29) is 33.0 Å². The number of benzene rings is 5. The summed E-state index contributed by atoms with van der Waals surface area (Å²) in [7, 11) is -10.1. The first kappa shape index (κ1) is 26.7. The molecule has 0 unspecified atom stereocenters. The Morgan fingerprint density at radius 1 is 0.548 bits per heavy atom. The summed E-state index contributed by atoms with van der Waals surface area (Å²) in [6.07, 6.45) is 0. The van der Waals surface area contributed by atoms with Crippen molar-refractivity contribution in [3.8, 4) is 32.6 Å². The highest BCUT2D eigenvalue weighted by molar-refractivity contribution is 7.81. The fourth-order valence-electron chi connectivity index (χ4n) is 4.87. The van der Waals surface area contributed by atoms with Crippen LogP contribution in [0.25, 0.3) is 63.1 Å². The molecule has 0 radical (unpaired) electrons. The van der Waals surface area contributed by atoms with E-state index in [2.05, 4.69) is 9.97 Å². The van der Waals surface area contributed by atoms with Crippen molar-refractivity contribution in [2.24, 2.45) is 0 Å². The highest BCUT2D eigenvalue weighted by Gasteiger charge is 2.27. The fourth-order valence-corrected chi connectivity index (χ4v) is 7.87. The Hall–Kier alpha value is -4.18. The van der Waals surface area contributed by atoms with Crippen LogP contribution in [0.1, 0.15) is 0 Å². The molecule has 0 amide bonds. The van der Waals surface area contributed by atoms with Gasteiger partial charge in [0, 0.05) is 32.7 Å². The van der Waals surface area contributed by atoms with Gasteiger partial charge >= 0.3 is 20.8 Å². The molecule has 0 saturated carbocycles. The first-order valence-electron chi connectivity index (χ1n) is 12.1. The lowest BCUT2D eigenvalue weighted by Gasteiger charge is -2.16. The van der Waals surface area contributed by atoms with Gasteiger partial charge in [0.1, 0.15) is 10.0 Å². The molecule has 42 heavy (non-hydrogen) atoms. The molecular weight excluding hydrogens is 621 g/mol. The second-order valence-corrected chi connectivity index (χ2v) is 13.2. The summed E-state index contributed by atoms with van der Waals surface area (Å²) in [4.78, 5) is 9.35. The maximum Gasteiger partial charge on any atom is 0.446 e. The Balaban J connectivity index is 1.66. The highest BCUT2D eigenvalue weighted by Crippen LogP contribution is 2.51. The molecule has 2 N–H and O–H groups in total. The average molecular weight is 637 g/mol. The molecule has 0 aliphatic rings. The van der Waals surface area contributed by atoms with E-state index in [4.69, 9.17) is 8.37 Å². The topological polar surface area (TPSA) is 153 Å². The van der Waals surface area contributed by atoms with Gasteiger partial charge in [0.2, 0.25) is 0 Å². The third-order valence-corrected chi connectivity index (χ3v) is 9.51. The van der Waals surface area contributed by atoms with Crippen LogP contribution in [0.4, 0.5) is 0 Å². The van der Waals surface area contributed by atoms with Crippen molar-refractivity contribution >= 4 is 85.4 Å². The van der Waals surface area contributed by atoms with Gasteiger partial charge in [-0.15, -0.1) is 22.7 Å². The van der Waals surface area contributed by atoms with Gasteiger partial charge in [0.25, 0.3) is 0 Å². The molecule has 7 aromatic rings.